The summed E-state index contributed by atoms with van der Waals surface area (Å²) in [6.07, 6.45) is 3.81. The summed E-state index contributed by atoms with van der Waals surface area (Å²) in [4.78, 5) is 0. The van der Waals surface area contributed by atoms with E-state index in [1.807, 2.05) is 0 Å². The van der Waals surface area contributed by atoms with Crippen molar-refractivity contribution in [3.8, 4) is 0 Å². The summed E-state index contributed by atoms with van der Waals surface area (Å²) in [5.41, 5.74) is 4.13. The van der Waals surface area contributed by atoms with Crippen LogP contribution in [-0.4, -0.2) is 6.04 Å². The summed E-state index contributed by atoms with van der Waals surface area (Å²) in [5.74, 6) is 0. The van der Waals surface area contributed by atoms with E-state index in [2.05, 4.69) is 37.4 Å². The van der Waals surface area contributed by atoms with E-state index in [4.69, 9.17) is 0 Å². The zero-order valence-corrected chi connectivity index (χ0v) is 8.43. The molecular weight excluding hydrogens is 158 g/mol. The average molecular weight is 175 g/mol. The zero-order chi connectivity index (χ0) is 9.26. The lowest BCUT2D eigenvalue weighted by molar-refractivity contribution is 1.11. The molecule has 0 amide bonds. The van der Waals surface area contributed by atoms with Crippen molar-refractivity contribution in [2.45, 2.75) is 39.2 Å². The highest BCUT2D eigenvalue weighted by Gasteiger charge is 2.21. The second-order valence-corrected chi connectivity index (χ2v) is 3.92. The van der Waals surface area contributed by atoms with Crippen LogP contribution in [0.2, 0.25) is 0 Å². The Labute approximate surface area is 80.2 Å². The van der Waals surface area contributed by atoms with Crippen LogP contribution < -0.4 is 5.32 Å². The van der Waals surface area contributed by atoms with Crippen LogP contribution in [0.3, 0.4) is 0 Å². The molecule has 0 aliphatic heterocycles. The van der Waals surface area contributed by atoms with Gasteiger partial charge in [0.1, 0.15) is 0 Å². The lowest BCUT2D eigenvalue weighted by Crippen LogP contribution is -2.02. The van der Waals surface area contributed by atoms with Crippen LogP contribution in [0.25, 0.3) is 0 Å². The van der Waals surface area contributed by atoms with E-state index >= 15 is 0 Å². The lowest BCUT2D eigenvalue weighted by Gasteiger charge is -2.09. The van der Waals surface area contributed by atoms with Crippen molar-refractivity contribution in [2.24, 2.45) is 0 Å². The van der Waals surface area contributed by atoms with Crippen LogP contribution in [0, 0.1) is 6.92 Å². The molecule has 1 aromatic carbocycles. The molecule has 1 heteroatoms. The third kappa shape index (κ3) is 2.03. The van der Waals surface area contributed by atoms with E-state index < -0.39 is 0 Å². The van der Waals surface area contributed by atoms with Gasteiger partial charge in [-0.05, 0) is 43.4 Å². The van der Waals surface area contributed by atoms with Crippen LogP contribution in [0.4, 0.5) is 5.69 Å². The fourth-order valence-electron chi connectivity index (χ4n) is 1.56. The first-order valence-electron chi connectivity index (χ1n) is 5.15. The number of hydrogen-bond acceptors (Lipinski definition) is 1. The highest BCUT2D eigenvalue weighted by atomic mass is 15.0. The SMILES string of the molecule is CCc1ccc(NC2CC2)c(C)c1. The average Bonchev–Trinajstić information content (AvgIpc) is 2.92. The molecule has 1 fully saturated rings. The number of nitrogens with one attached hydrogen (secondary N) is 1. The van der Waals surface area contributed by atoms with Gasteiger partial charge in [0.15, 0.2) is 0 Å². The summed E-state index contributed by atoms with van der Waals surface area (Å²) in [5, 5.41) is 3.54. The summed E-state index contributed by atoms with van der Waals surface area (Å²) in [6, 6.07) is 7.47. The fourth-order valence-corrected chi connectivity index (χ4v) is 1.56. The van der Waals surface area contributed by atoms with Gasteiger partial charge >= 0.3 is 0 Å². The molecule has 70 valence electrons. The van der Waals surface area contributed by atoms with Gasteiger partial charge in [-0.2, -0.15) is 0 Å². The van der Waals surface area contributed by atoms with Gasteiger partial charge in [-0.25, -0.2) is 0 Å². The smallest absolute Gasteiger partial charge is 0.0372 e. The van der Waals surface area contributed by atoms with Crippen molar-refractivity contribution >= 4 is 5.69 Å². The van der Waals surface area contributed by atoms with E-state index in [9.17, 15) is 0 Å². The zero-order valence-electron chi connectivity index (χ0n) is 8.43. The van der Waals surface area contributed by atoms with E-state index in [0.717, 1.165) is 12.5 Å². The highest BCUT2D eigenvalue weighted by Crippen LogP contribution is 2.26. The van der Waals surface area contributed by atoms with Crippen molar-refractivity contribution in [1.29, 1.82) is 0 Å². The fraction of sp³-hybridized carbons (Fsp3) is 0.500. The van der Waals surface area contributed by atoms with E-state index in [1.54, 1.807) is 0 Å². The molecule has 13 heavy (non-hydrogen) atoms. The monoisotopic (exact) mass is 175 g/mol. The van der Waals surface area contributed by atoms with E-state index in [0.29, 0.717) is 0 Å². The molecule has 1 aromatic rings. The van der Waals surface area contributed by atoms with Crippen molar-refractivity contribution in [1.82, 2.24) is 0 Å². The van der Waals surface area contributed by atoms with Crippen molar-refractivity contribution in [2.75, 3.05) is 5.32 Å². The molecule has 0 saturated heterocycles. The Bertz CT molecular complexity index is 300. The molecule has 1 N–H and O–H groups in total. The summed E-state index contributed by atoms with van der Waals surface area (Å²) in [7, 11) is 0. The Morgan fingerprint density at radius 3 is 2.69 bits per heavy atom. The first kappa shape index (κ1) is 8.61. The molecule has 1 saturated carbocycles. The highest BCUT2D eigenvalue weighted by molar-refractivity contribution is 5.53. The first-order valence-corrected chi connectivity index (χ1v) is 5.15. The normalized spacial score (nSPS) is 15.8. The number of hydrogen-bond donors (Lipinski definition) is 1. The maximum Gasteiger partial charge on any atom is 0.0372 e. The minimum atomic E-state index is 0.756. The number of rotatable bonds is 3. The predicted molar refractivity (Wildman–Crippen MR) is 57.2 cm³/mol. The number of anilines is 1. The van der Waals surface area contributed by atoms with Gasteiger partial charge in [0, 0.05) is 11.7 Å². The van der Waals surface area contributed by atoms with Gasteiger partial charge in [0.2, 0.25) is 0 Å². The minimum Gasteiger partial charge on any atom is -0.382 e. The molecule has 0 unspecified atom stereocenters. The molecule has 0 spiro atoms. The van der Waals surface area contributed by atoms with Crippen LogP contribution in [0.15, 0.2) is 18.2 Å². The number of aryl methyl sites for hydroxylation is 2. The van der Waals surface area contributed by atoms with Gasteiger partial charge in [0.25, 0.3) is 0 Å². The molecule has 0 atom stereocenters. The topological polar surface area (TPSA) is 12.0 Å². The second-order valence-electron chi connectivity index (χ2n) is 3.92. The molecule has 0 aromatic heterocycles. The predicted octanol–water partition coefficient (Wildman–Crippen LogP) is 3.13. The van der Waals surface area contributed by atoms with E-state index in [1.165, 1.54) is 29.7 Å². The maximum atomic E-state index is 3.54. The van der Waals surface area contributed by atoms with Crippen LogP contribution >= 0.6 is 0 Å². The van der Waals surface area contributed by atoms with Gasteiger partial charge in [-0.3, -0.25) is 0 Å². The van der Waals surface area contributed by atoms with Crippen molar-refractivity contribution in [3.63, 3.8) is 0 Å². The lowest BCUT2D eigenvalue weighted by atomic mass is 10.1. The molecule has 1 aliphatic carbocycles. The Morgan fingerprint density at radius 1 is 1.38 bits per heavy atom. The Morgan fingerprint density at radius 2 is 2.15 bits per heavy atom. The largest absolute Gasteiger partial charge is 0.382 e. The van der Waals surface area contributed by atoms with Crippen LogP contribution in [0.5, 0.6) is 0 Å². The van der Waals surface area contributed by atoms with Gasteiger partial charge in [-0.1, -0.05) is 19.1 Å². The maximum absolute atomic E-state index is 3.54. The molecule has 0 radical (unpaired) electrons. The van der Waals surface area contributed by atoms with Crippen molar-refractivity contribution < 1.29 is 0 Å². The quantitative estimate of drug-likeness (QED) is 0.744. The first-order chi connectivity index (χ1) is 6.29. The Balaban J connectivity index is 2.15. The van der Waals surface area contributed by atoms with Crippen LogP contribution in [-0.2, 0) is 6.42 Å². The van der Waals surface area contributed by atoms with Gasteiger partial charge in [0.05, 0.1) is 0 Å². The van der Waals surface area contributed by atoms with Gasteiger partial charge < -0.3 is 5.32 Å². The molecule has 1 aliphatic rings. The van der Waals surface area contributed by atoms with E-state index in [-0.39, 0.29) is 0 Å². The molecule has 0 heterocycles. The van der Waals surface area contributed by atoms with Gasteiger partial charge in [-0.15, -0.1) is 0 Å². The van der Waals surface area contributed by atoms with Crippen LogP contribution in [0.1, 0.15) is 30.9 Å². The summed E-state index contributed by atoms with van der Waals surface area (Å²) >= 11 is 0. The molecule has 2 rings (SSSR count). The Kier molecular flexibility index (Phi) is 2.26. The minimum absolute atomic E-state index is 0.756. The second kappa shape index (κ2) is 3.41. The molecule has 1 nitrogen and oxygen atoms in total. The summed E-state index contributed by atoms with van der Waals surface area (Å²) in [6.45, 7) is 4.38. The molecular formula is C12H17N. The third-order valence-electron chi connectivity index (χ3n) is 2.64. The molecule has 0 bridgehead atoms. The Hall–Kier alpha value is -0.980. The summed E-state index contributed by atoms with van der Waals surface area (Å²) < 4.78 is 0. The number of benzene rings is 1. The van der Waals surface area contributed by atoms with Crippen molar-refractivity contribution in [3.05, 3.63) is 29.3 Å². The third-order valence-corrected chi connectivity index (χ3v) is 2.64. The standard InChI is InChI=1S/C12H17N/c1-3-10-4-7-12(9(2)8-10)13-11-5-6-11/h4,7-8,11,13H,3,5-6H2,1-2H3.